The Balaban J connectivity index is 2.33. The quantitative estimate of drug-likeness (QED) is 0.428. The molecule has 2 aliphatic rings. The van der Waals surface area contributed by atoms with E-state index in [1.165, 1.54) is 0 Å². The molecule has 4 nitrogen and oxygen atoms in total. The highest BCUT2D eigenvalue weighted by atomic mass is 16.6. The van der Waals surface area contributed by atoms with Gasteiger partial charge >= 0.3 is 5.97 Å². The summed E-state index contributed by atoms with van der Waals surface area (Å²) in [6.45, 7) is 5.63. The van der Waals surface area contributed by atoms with Gasteiger partial charge in [-0.2, -0.15) is 0 Å². The molecule has 1 saturated heterocycles. The van der Waals surface area contributed by atoms with Crippen LogP contribution in [0.2, 0.25) is 0 Å². The SMILES string of the molecule is C=C1C(=O)O[C@H]2C/C(C)=C\CC/C(CO)=C/[C@@H](O)[C@H]12. The van der Waals surface area contributed by atoms with Crippen LogP contribution in [0.3, 0.4) is 0 Å². The molecule has 1 aliphatic carbocycles. The molecule has 0 aromatic rings. The minimum Gasteiger partial charge on any atom is -0.458 e. The number of rotatable bonds is 1. The van der Waals surface area contributed by atoms with Gasteiger partial charge in [0.25, 0.3) is 0 Å². The molecule has 4 heteroatoms. The van der Waals surface area contributed by atoms with Crippen molar-refractivity contribution in [3.8, 4) is 0 Å². The minimum atomic E-state index is -0.836. The van der Waals surface area contributed by atoms with E-state index in [-0.39, 0.29) is 12.7 Å². The van der Waals surface area contributed by atoms with Crippen LogP contribution in [-0.4, -0.2) is 35.0 Å². The fourth-order valence-electron chi connectivity index (χ4n) is 2.71. The van der Waals surface area contributed by atoms with Crippen LogP contribution in [0.15, 0.2) is 35.5 Å². The van der Waals surface area contributed by atoms with Crippen LogP contribution in [0, 0.1) is 5.92 Å². The van der Waals surface area contributed by atoms with Gasteiger partial charge in [-0.25, -0.2) is 4.79 Å². The lowest BCUT2D eigenvalue weighted by atomic mass is 9.86. The number of hydrogen-bond donors (Lipinski definition) is 2. The maximum Gasteiger partial charge on any atom is 0.334 e. The van der Waals surface area contributed by atoms with E-state index in [9.17, 15) is 15.0 Å². The van der Waals surface area contributed by atoms with Crippen molar-refractivity contribution in [2.24, 2.45) is 5.92 Å². The number of hydrogen-bond acceptors (Lipinski definition) is 4. The Morgan fingerprint density at radius 1 is 1.53 bits per heavy atom. The van der Waals surface area contributed by atoms with Crippen molar-refractivity contribution in [3.05, 3.63) is 35.5 Å². The first-order valence-electron chi connectivity index (χ1n) is 6.57. The third-order valence-electron chi connectivity index (χ3n) is 3.78. The van der Waals surface area contributed by atoms with Crippen LogP contribution in [0.1, 0.15) is 26.2 Å². The van der Waals surface area contributed by atoms with Crippen LogP contribution < -0.4 is 0 Å². The van der Waals surface area contributed by atoms with Gasteiger partial charge in [0.2, 0.25) is 0 Å². The number of allylic oxidation sites excluding steroid dienone is 1. The first kappa shape index (κ1) is 14.0. The Morgan fingerprint density at radius 2 is 2.26 bits per heavy atom. The van der Waals surface area contributed by atoms with Crippen molar-refractivity contribution >= 4 is 5.97 Å². The predicted molar refractivity (Wildman–Crippen MR) is 71.3 cm³/mol. The second-order valence-electron chi connectivity index (χ2n) is 5.26. The average Bonchev–Trinajstić information content (AvgIpc) is 2.63. The molecule has 0 unspecified atom stereocenters. The molecule has 1 aliphatic heterocycles. The normalized spacial score (nSPS) is 37.7. The average molecular weight is 264 g/mol. The van der Waals surface area contributed by atoms with Gasteiger partial charge in [-0.15, -0.1) is 0 Å². The molecule has 0 spiro atoms. The highest BCUT2D eigenvalue weighted by Gasteiger charge is 2.42. The third-order valence-corrected chi connectivity index (χ3v) is 3.78. The molecular weight excluding hydrogens is 244 g/mol. The Bertz CT molecular complexity index is 447. The molecule has 0 saturated carbocycles. The molecule has 3 atom stereocenters. The molecule has 0 bridgehead atoms. The van der Waals surface area contributed by atoms with Gasteiger partial charge in [0, 0.05) is 12.0 Å². The van der Waals surface area contributed by atoms with E-state index in [2.05, 4.69) is 12.7 Å². The second kappa shape index (κ2) is 5.72. The number of aliphatic hydroxyl groups excluding tert-OH is 2. The Kier molecular flexibility index (Phi) is 4.22. The Hall–Kier alpha value is -1.39. The van der Waals surface area contributed by atoms with E-state index in [1.807, 2.05) is 6.92 Å². The van der Waals surface area contributed by atoms with E-state index >= 15 is 0 Å². The summed E-state index contributed by atoms with van der Waals surface area (Å²) in [5.41, 5.74) is 2.23. The number of aliphatic hydroxyl groups is 2. The zero-order valence-corrected chi connectivity index (χ0v) is 11.1. The summed E-state index contributed by atoms with van der Waals surface area (Å²) in [5.74, 6) is -0.851. The van der Waals surface area contributed by atoms with Crippen molar-refractivity contribution in [1.29, 1.82) is 0 Å². The highest BCUT2D eigenvalue weighted by molar-refractivity contribution is 5.91. The fraction of sp³-hybridized carbons (Fsp3) is 0.533. The van der Waals surface area contributed by atoms with Crippen molar-refractivity contribution in [1.82, 2.24) is 0 Å². The summed E-state index contributed by atoms with van der Waals surface area (Å²) in [6, 6.07) is 0. The summed E-state index contributed by atoms with van der Waals surface area (Å²) < 4.78 is 5.29. The van der Waals surface area contributed by atoms with Crippen molar-refractivity contribution < 1.29 is 19.7 Å². The zero-order chi connectivity index (χ0) is 14.0. The molecule has 0 amide bonds. The Labute approximate surface area is 113 Å². The van der Waals surface area contributed by atoms with E-state index in [0.717, 1.165) is 17.6 Å². The monoisotopic (exact) mass is 264 g/mol. The van der Waals surface area contributed by atoms with Crippen LogP contribution >= 0.6 is 0 Å². The first-order chi connectivity index (χ1) is 9.02. The van der Waals surface area contributed by atoms with E-state index in [4.69, 9.17) is 4.74 Å². The lowest BCUT2D eigenvalue weighted by molar-refractivity contribution is -0.139. The van der Waals surface area contributed by atoms with Gasteiger partial charge in [0.15, 0.2) is 0 Å². The van der Waals surface area contributed by atoms with Gasteiger partial charge in [0.05, 0.1) is 18.6 Å². The number of ether oxygens (including phenoxy) is 1. The summed E-state index contributed by atoms with van der Waals surface area (Å²) in [6.07, 6.45) is 4.68. The summed E-state index contributed by atoms with van der Waals surface area (Å²) >= 11 is 0. The second-order valence-corrected chi connectivity index (χ2v) is 5.26. The third kappa shape index (κ3) is 2.96. The standard InChI is InChI=1S/C15H20O4/c1-9-4-3-5-11(8-16)7-12(17)14-10(2)15(18)19-13(14)6-9/h4,7,12-14,16-17H,2-3,5-6,8H2,1H3/b9-4-,11-7-/t12-,13+,14+/m1/s1. The molecule has 2 N–H and O–H groups in total. The van der Waals surface area contributed by atoms with Gasteiger partial charge in [-0.3, -0.25) is 0 Å². The number of carbonyl (C=O) groups excluding carboxylic acids is 1. The molecule has 2 rings (SSSR count). The van der Waals surface area contributed by atoms with E-state index in [0.29, 0.717) is 18.4 Å². The number of esters is 1. The molecular formula is C15H20O4. The summed E-state index contributed by atoms with van der Waals surface area (Å²) in [5, 5.41) is 19.6. The van der Waals surface area contributed by atoms with Crippen LogP contribution in [0.5, 0.6) is 0 Å². The van der Waals surface area contributed by atoms with Gasteiger partial charge in [-0.1, -0.05) is 24.3 Å². The largest absolute Gasteiger partial charge is 0.458 e. The van der Waals surface area contributed by atoms with Gasteiger partial charge in [0.1, 0.15) is 6.10 Å². The number of carbonyl (C=O) groups is 1. The lowest BCUT2D eigenvalue weighted by Gasteiger charge is -2.23. The topological polar surface area (TPSA) is 66.8 Å². The molecule has 0 aromatic heterocycles. The first-order valence-corrected chi connectivity index (χ1v) is 6.57. The molecule has 0 aromatic carbocycles. The zero-order valence-electron chi connectivity index (χ0n) is 11.1. The Morgan fingerprint density at radius 3 is 2.95 bits per heavy atom. The molecule has 104 valence electrons. The van der Waals surface area contributed by atoms with Gasteiger partial charge in [-0.05, 0) is 25.3 Å². The lowest BCUT2D eigenvalue weighted by Crippen LogP contribution is -2.29. The molecule has 0 radical (unpaired) electrons. The molecule has 1 fully saturated rings. The molecule has 1 heterocycles. The summed E-state index contributed by atoms with van der Waals surface area (Å²) in [4.78, 5) is 11.6. The highest BCUT2D eigenvalue weighted by Crippen LogP contribution is 2.34. The van der Waals surface area contributed by atoms with E-state index in [1.54, 1.807) is 6.08 Å². The van der Waals surface area contributed by atoms with Gasteiger partial charge < -0.3 is 14.9 Å². The van der Waals surface area contributed by atoms with E-state index < -0.39 is 18.0 Å². The van der Waals surface area contributed by atoms with Crippen LogP contribution in [0.4, 0.5) is 0 Å². The maximum atomic E-state index is 11.6. The minimum absolute atomic E-state index is 0.0807. The fourth-order valence-corrected chi connectivity index (χ4v) is 2.71. The van der Waals surface area contributed by atoms with Crippen LogP contribution in [-0.2, 0) is 9.53 Å². The van der Waals surface area contributed by atoms with Crippen molar-refractivity contribution in [2.45, 2.75) is 38.4 Å². The number of fused-ring (bicyclic) bond motifs is 1. The molecule has 19 heavy (non-hydrogen) atoms. The summed E-state index contributed by atoms with van der Waals surface area (Å²) in [7, 11) is 0. The van der Waals surface area contributed by atoms with Crippen molar-refractivity contribution in [2.75, 3.05) is 6.61 Å². The maximum absolute atomic E-state index is 11.6. The van der Waals surface area contributed by atoms with Crippen LogP contribution in [0.25, 0.3) is 0 Å². The predicted octanol–water partition coefficient (Wildman–Crippen LogP) is 1.49. The van der Waals surface area contributed by atoms with Crippen molar-refractivity contribution in [3.63, 3.8) is 0 Å². The smallest absolute Gasteiger partial charge is 0.334 e.